The fourth-order valence-corrected chi connectivity index (χ4v) is 4.00. The van der Waals surface area contributed by atoms with Gasteiger partial charge in [0.25, 0.3) is 0 Å². The van der Waals surface area contributed by atoms with Crippen molar-refractivity contribution in [3.05, 3.63) is 72.2 Å². The molecule has 30 heavy (non-hydrogen) atoms. The van der Waals surface area contributed by atoms with Crippen molar-refractivity contribution in [2.24, 2.45) is 0 Å². The number of rotatable bonds is 4. The highest BCUT2D eigenvalue weighted by Crippen LogP contribution is 2.31. The number of nitrogens with two attached hydrogens (primary N) is 1. The molecule has 0 aliphatic heterocycles. The van der Waals surface area contributed by atoms with Gasteiger partial charge in [-0.15, -0.1) is 0 Å². The van der Waals surface area contributed by atoms with E-state index in [4.69, 9.17) is 10.5 Å². The first-order valence-electron chi connectivity index (χ1n) is 9.49. The molecule has 3 N–H and O–H groups in total. The Labute approximate surface area is 177 Å². The summed E-state index contributed by atoms with van der Waals surface area (Å²) in [6.45, 7) is 4.03. The average Bonchev–Trinajstić information content (AvgIpc) is 3.29. The van der Waals surface area contributed by atoms with E-state index in [9.17, 15) is 0 Å². The monoisotopic (exact) mass is 413 g/mol. The first kappa shape index (κ1) is 18.3. The number of fused-ring (bicyclic) bond motifs is 1. The van der Waals surface area contributed by atoms with Crippen LogP contribution in [0.1, 0.15) is 11.4 Å². The number of ether oxygens (including phenoxy) is 1. The Morgan fingerprint density at radius 3 is 2.43 bits per heavy atom. The highest BCUT2D eigenvalue weighted by molar-refractivity contribution is 7.22. The van der Waals surface area contributed by atoms with E-state index in [1.807, 2.05) is 68.4 Å². The van der Waals surface area contributed by atoms with Crippen LogP contribution in [0.4, 0.5) is 5.13 Å². The van der Waals surface area contributed by atoms with Gasteiger partial charge >= 0.3 is 0 Å². The summed E-state index contributed by atoms with van der Waals surface area (Å²) in [6.07, 6.45) is 1.75. The minimum atomic E-state index is 0.552. The molecule has 0 fully saturated rings. The third-order valence-corrected chi connectivity index (χ3v) is 5.77. The molecule has 0 atom stereocenters. The predicted octanol–water partition coefficient (Wildman–Crippen LogP) is 5.74. The molecule has 3 heterocycles. The summed E-state index contributed by atoms with van der Waals surface area (Å²) in [5, 5.41) is 0.552. The van der Waals surface area contributed by atoms with Crippen LogP contribution in [-0.4, -0.2) is 19.9 Å². The first-order chi connectivity index (χ1) is 14.5. The Kier molecular flexibility index (Phi) is 4.44. The van der Waals surface area contributed by atoms with Crippen molar-refractivity contribution in [3.63, 3.8) is 0 Å². The minimum Gasteiger partial charge on any atom is -0.457 e. The summed E-state index contributed by atoms with van der Waals surface area (Å²) in [7, 11) is 0. The Balaban J connectivity index is 1.39. The summed E-state index contributed by atoms with van der Waals surface area (Å²) >= 11 is 1.45. The van der Waals surface area contributed by atoms with E-state index in [-0.39, 0.29) is 0 Å². The molecule has 0 aliphatic carbocycles. The molecule has 5 aromatic rings. The average molecular weight is 414 g/mol. The smallest absolute Gasteiger partial charge is 0.181 e. The number of benzene rings is 2. The molecular weight excluding hydrogens is 394 g/mol. The number of hydrogen-bond acceptors (Lipinski definition) is 6. The van der Waals surface area contributed by atoms with Crippen molar-refractivity contribution in [2.45, 2.75) is 13.8 Å². The van der Waals surface area contributed by atoms with Crippen LogP contribution in [0, 0.1) is 13.8 Å². The van der Waals surface area contributed by atoms with Crippen molar-refractivity contribution < 1.29 is 4.74 Å². The molecule has 5 rings (SSSR count). The third-order valence-electron chi connectivity index (χ3n) is 4.93. The zero-order valence-corrected chi connectivity index (χ0v) is 17.3. The molecule has 0 bridgehead atoms. The highest BCUT2D eigenvalue weighted by Gasteiger charge is 2.08. The maximum atomic E-state index is 6.05. The zero-order valence-electron chi connectivity index (χ0n) is 16.5. The van der Waals surface area contributed by atoms with E-state index >= 15 is 0 Å². The number of H-pyrrole nitrogens is 1. The second-order valence-electron chi connectivity index (χ2n) is 7.03. The van der Waals surface area contributed by atoms with Crippen LogP contribution in [-0.2, 0) is 0 Å². The van der Waals surface area contributed by atoms with Gasteiger partial charge in [0.15, 0.2) is 5.13 Å². The van der Waals surface area contributed by atoms with Crippen molar-refractivity contribution >= 4 is 26.7 Å². The molecule has 3 aromatic heterocycles. The Hall–Kier alpha value is -3.71. The Bertz CT molecular complexity index is 1330. The van der Waals surface area contributed by atoms with E-state index < -0.39 is 0 Å². The van der Waals surface area contributed by atoms with Gasteiger partial charge in [-0.1, -0.05) is 35.6 Å². The first-order valence-corrected chi connectivity index (χ1v) is 10.3. The number of nitrogens with one attached hydrogen (secondary N) is 1. The number of anilines is 1. The summed E-state index contributed by atoms with van der Waals surface area (Å²) < 4.78 is 7.05. The van der Waals surface area contributed by atoms with Crippen molar-refractivity contribution in [3.8, 4) is 34.1 Å². The number of hydrogen-bond donors (Lipinski definition) is 2. The normalized spacial score (nSPS) is 11.1. The van der Waals surface area contributed by atoms with Gasteiger partial charge in [0.1, 0.15) is 17.3 Å². The molecule has 0 amide bonds. The minimum absolute atomic E-state index is 0.552. The SMILES string of the molecule is Cc1nc(-c2ccc(-c3cc(Oc4ccc5nc(N)sc5c4)ccn3)cc2)[nH]c1C. The van der Waals surface area contributed by atoms with Crippen molar-refractivity contribution in [1.82, 2.24) is 19.9 Å². The number of imidazole rings is 1. The van der Waals surface area contributed by atoms with Crippen molar-refractivity contribution in [2.75, 3.05) is 5.73 Å². The lowest BCUT2D eigenvalue weighted by Gasteiger charge is -2.08. The highest BCUT2D eigenvalue weighted by atomic mass is 32.1. The molecule has 0 unspecified atom stereocenters. The summed E-state index contributed by atoms with van der Waals surface area (Å²) in [5.41, 5.74) is 11.7. The van der Waals surface area contributed by atoms with Crippen LogP contribution in [0.15, 0.2) is 60.8 Å². The lowest BCUT2D eigenvalue weighted by Crippen LogP contribution is -1.88. The predicted molar refractivity (Wildman–Crippen MR) is 121 cm³/mol. The summed E-state index contributed by atoms with van der Waals surface area (Å²) in [5.74, 6) is 2.33. The van der Waals surface area contributed by atoms with Crippen molar-refractivity contribution in [1.29, 1.82) is 0 Å². The molecule has 0 radical (unpaired) electrons. The third kappa shape index (κ3) is 3.51. The molecule has 0 aliphatic rings. The van der Waals surface area contributed by atoms with Gasteiger partial charge in [-0.25, -0.2) is 9.97 Å². The molecular formula is C23H19N5OS. The van der Waals surface area contributed by atoms with Gasteiger partial charge in [0.05, 0.1) is 21.6 Å². The molecule has 148 valence electrons. The zero-order chi connectivity index (χ0) is 20.7. The van der Waals surface area contributed by atoms with E-state index in [1.54, 1.807) is 6.20 Å². The van der Waals surface area contributed by atoms with Crippen LogP contribution in [0.3, 0.4) is 0 Å². The molecule has 7 heteroatoms. The van der Waals surface area contributed by atoms with Gasteiger partial charge in [-0.05, 0) is 32.0 Å². The van der Waals surface area contributed by atoms with Gasteiger partial charge in [0.2, 0.25) is 0 Å². The topological polar surface area (TPSA) is 89.7 Å². The van der Waals surface area contributed by atoms with Crippen LogP contribution in [0.2, 0.25) is 0 Å². The standard InChI is InChI=1S/C23H19N5OS/c1-13-14(2)27-22(26-13)16-5-3-15(4-6-16)20-11-18(9-10-25-20)29-17-7-8-19-21(12-17)30-23(24)28-19/h3-12H,1-2H3,(H2,24,28)(H,26,27). The lowest BCUT2D eigenvalue weighted by atomic mass is 10.1. The number of aromatic nitrogens is 4. The molecule has 6 nitrogen and oxygen atoms in total. The number of pyridine rings is 1. The molecule has 0 spiro atoms. The fourth-order valence-electron chi connectivity index (χ4n) is 3.24. The number of nitrogen functional groups attached to an aromatic ring is 1. The number of aromatic amines is 1. The van der Waals surface area contributed by atoms with E-state index in [2.05, 4.69) is 19.9 Å². The van der Waals surface area contributed by atoms with Gasteiger partial charge in [0, 0.05) is 35.2 Å². The summed E-state index contributed by atoms with van der Waals surface area (Å²) in [4.78, 5) is 16.6. The van der Waals surface area contributed by atoms with E-state index in [0.717, 1.165) is 55.7 Å². The maximum absolute atomic E-state index is 6.05. The van der Waals surface area contributed by atoms with E-state index in [0.29, 0.717) is 5.13 Å². The molecule has 0 saturated heterocycles. The number of aryl methyl sites for hydroxylation is 2. The molecule has 2 aromatic carbocycles. The van der Waals surface area contributed by atoms with Crippen LogP contribution in [0.5, 0.6) is 11.5 Å². The summed E-state index contributed by atoms with van der Waals surface area (Å²) in [6, 6.07) is 17.7. The maximum Gasteiger partial charge on any atom is 0.181 e. The second kappa shape index (κ2) is 7.27. The van der Waals surface area contributed by atoms with Crippen LogP contribution in [0.25, 0.3) is 32.9 Å². The lowest BCUT2D eigenvalue weighted by molar-refractivity contribution is 0.483. The Morgan fingerprint density at radius 1 is 0.900 bits per heavy atom. The Morgan fingerprint density at radius 2 is 1.67 bits per heavy atom. The number of nitrogens with zero attached hydrogens (tertiary/aromatic N) is 3. The second-order valence-corrected chi connectivity index (χ2v) is 8.10. The van der Waals surface area contributed by atoms with Gasteiger partial charge < -0.3 is 15.5 Å². The van der Waals surface area contributed by atoms with Gasteiger partial charge in [-0.3, -0.25) is 4.98 Å². The van der Waals surface area contributed by atoms with Crippen LogP contribution >= 0.6 is 11.3 Å². The largest absolute Gasteiger partial charge is 0.457 e. The number of thiazole rings is 1. The van der Waals surface area contributed by atoms with Gasteiger partial charge in [-0.2, -0.15) is 0 Å². The van der Waals surface area contributed by atoms with E-state index in [1.165, 1.54) is 11.3 Å². The quantitative estimate of drug-likeness (QED) is 0.392. The fraction of sp³-hybridized carbons (Fsp3) is 0.0870. The van der Waals surface area contributed by atoms with Crippen LogP contribution < -0.4 is 10.5 Å². The molecule has 0 saturated carbocycles.